The van der Waals surface area contributed by atoms with E-state index >= 15 is 0 Å². The van der Waals surface area contributed by atoms with E-state index in [-0.39, 0.29) is 18.4 Å². The van der Waals surface area contributed by atoms with Gasteiger partial charge >= 0.3 is 0 Å². The third kappa shape index (κ3) is 4.29. The first-order valence-electron chi connectivity index (χ1n) is 6.92. The topological polar surface area (TPSA) is 61.4 Å². The highest BCUT2D eigenvalue weighted by molar-refractivity contribution is 5.84. The molecule has 5 nitrogen and oxygen atoms in total. The summed E-state index contributed by atoms with van der Waals surface area (Å²) in [5.74, 6) is 0.0296. The Morgan fingerprint density at radius 3 is 2.72 bits per heavy atom. The summed E-state index contributed by atoms with van der Waals surface area (Å²) in [6.45, 7) is 1.26. The first-order valence-corrected chi connectivity index (χ1v) is 6.92. The Kier molecular flexibility index (Phi) is 4.58. The third-order valence-electron chi connectivity index (χ3n) is 3.62. The summed E-state index contributed by atoms with van der Waals surface area (Å²) in [6.07, 6.45) is 5.95. The second-order valence-electron chi connectivity index (χ2n) is 5.42. The van der Waals surface area contributed by atoms with Crippen LogP contribution in [0.4, 0.5) is 0 Å². The number of rotatable bonds is 6. The molecule has 2 rings (SSSR count). The van der Waals surface area contributed by atoms with Crippen molar-refractivity contribution in [3.63, 3.8) is 0 Å². The zero-order chi connectivity index (χ0) is 13.0. The molecule has 1 atom stereocenters. The molecular formula is C13H23N3O2. The van der Waals surface area contributed by atoms with Crippen molar-refractivity contribution < 1.29 is 9.59 Å². The lowest BCUT2D eigenvalue weighted by molar-refractivity contribution is -0.134. The number of carbonyl (C=O) groups is 2. The van der Waals surface area contributed by atoms with E-state index in [1.165, 1.54) is 17.7 Å². The number of carbonyl (C=O) groups excluding carboxylic acids is 2. The second kappa shape index (κ2) is 6.18. The Morgan fingerprint density at radius 2 is 2.11 bits per heavy atom. The van der Waals surface area contributed by atoms with E-state index in [4.69, 9.17) is 0 Å². The molecule has 2 fully saturated rings. The van der Waals surface area contributed by atoms with Gasteiger partial charge in [0.05, 0.1) is 6.54 Å². The number of nitrogens with zero attached hydrogens (tertiary/aromatic N) is 1. The van der Waals surface area contributed by atoms with Gasteiger partial charge in [0.1, 0.15) is 0 Å². The molecule has 1 aliphatic carbocycles. The lowest BCUT2D eigenvalue weighted by Crippen LogP contribution is -2.39. The minimum absolute atomic E-state index is 0.0349. The van der Waals surface area contributed by atoms with Gasteiger partial charge in [-0.3, -0.25) is 9.59 Å². The van der Waals surface area contributed by atoms with E-state index in [1.54, 1.807) is 7.05 Å². The Bertz CT molecular complexity index is 309. The predicted molar refractivity (Wildman–Crippen MR) is 69.1 cm³/mol. The molecule has 0 spiro atoms. The fraction of sp³-hybridized carbons (Fsp3) is 0.846. The average Bonchev–Trinajstić information content (AvgIpc) is 2.98. The predicted octanol–water partition coefficient (Wildman–Crippen LogP) is 0.256. The summed E-state index contributed by atoms with van der Waals surface area (Å²) in [6, 6.07) is 0.853. The Morgan fingerprint density at radius 1 is 1.33 bits per heavy atom. The van der Waals surface area contributed by atoms with Gasteiger partial charge in [-0.2, -0.15) is 0 Å². The average molecular weight is 253 g/mol. The van der Waals surface area contributed by atoms with Crippen LogP contribution in [0.1, 0.15) is 38.5 Å². The van der Waals surface area contributed by atoms with Gasteiger partial charge in [-0.15, -0.1) is 0 Å². The number of amides is 2. The molecule has 0 aromatic carbocycles. The Balaban J connectivity index is 1.62. The van der Waals surface area contributed by atoms with Crippen molar-refractivity contribution in [3.05, 3.63) is 0 Å². The van der Waals surface area contributed by atoms with Crippen LogP contribution in [0.3, 0.4) is 0 Å². The summed E-state index contributed by atoms with van der Waals surface area (Å²) < 4.78 is 0. The van der Waals surface area contributed by atoms with Gasteiger partial charge in [0.25, 0.3) is 0 Å². The van der Waals surface area contributed by atoms with Crippen LogP contribution >= 0.6 is 0 Å². The molecule has 2 amide bonds. The Labute approximate surface area is 108 Å². The molecule has 1 saturated carbocycles. The smallest absolute Gasteiger partial charge is 0.239 e. The summed E-state index contributed by atoms with van der Waals surface area (Å²) >= 11 is 0. The normalized spacial score (nSPS) is 22.8. The molecule has 1 unspecified atom stereocenters. The van der Waals surface area contributed by atoms with Gasteiger partial charge in [-0.05, 0) is 38.6 Å². The van der Waals surface area contributed by atoms with Crippen molar-refractivity contribution in [2.24, 2.45) is 0 Å². The monoisotopic (exact) mass is 253 g/mol. The molecule has 0 aromatic heterocycles. The summed E-state index contributed by atoms with van der Waals surface area (Å²) in [5, 5.41) is 6.27. The number of likely N-dealkylation sites (N-methyl/N-ethyl adjacent to an activating group) is 1. The lowest BCUT2D eigenvalue weighted by atomic mass is 10.1. The molecule has 1 aliphatic heterocycles. The molecule has 0 bridgehead atoms. The maximum atomic E-state index is 11.9. The second-order valence-corrected chi connectivity index (χ2v) is 5.42. The van der Waals surface area contributed by atoms with Gasteiger partial charge in [-0.25, -0.2) is 0 Å². The zero-order valence-corrected chi connectivity index (χ0v) is 11.1. The largest absolute Gasteiger partial charge is 0.352 e. The van der Waals surface area contributed by atoms with Crippen LogP contribution in [0.25, 0.3) is 0 Å². The molecule has 1 saturated heterocycles. The first-order chi connectivity index (χ1) is 8.65. The highest BCUT2D eigenvalue weighted by atomic mass is 16.2. The molecule has 0 aromatic rings. The number of nitrogens with one attached hydrogen (secondary N) is 2. The maximum Gasteiger partial charge on any atom is 0.239 e. The van der Waals surface area contributed by atoms with Crippen LogP contribution in [-0.2, 0) is 9.59 Å². The lowest BCUT2D eigenvalue weighted by Gasteiger charge is -2.18. The van der Waals surface area contributed by atoms with Crippen LogP contribution < -0.4 is 10.6 Å². The van der Waals surface area contributed by atoms with E-state index in [0.29, 0.717) is 18.5 Å². The van der Waals surface area contributed by atoms with Crippen LogP contribution in [-0.4, -0.2) is 48.9 Å². The fourth-order valence-corrected chi connectivity index (χ4v) is 2.30. The maximum absolute atomic E-state index is 11.9. The molecule has 2 aliphatic rings. The minimum Gasteiger partial charge on any atom is -0.352 e. The Hall–Kier alpha value is -1.10. The zero-order valence-electron chi connectivity index (χ0n) is 11.1. The number of hydrogen-bond donors (Lipinski definition) is 2. The van der Waals surface area contributed by atoms with Gasteiger partial charge < -0.3 is 15.5 Å². The molecule has 102 valence electrons. The van der Waals surface area contributed by atoms with Crippen LogP contribution in [0.15, 0.2) is 0 Å². The quantitative estimate of drug-likeness (QED) is 0.713. The van der Waals surface area contributed by atoms with E-state index in [1.807, 2.05) is 0 Å². The van der Waals surface area contributed by atoms with Gasteiger partial charge in [0.15, 0.2) is 0 Å². The van der Waals surface area contributed by atoms with Crippen molar-refractivity contribution in [1.29, 1.82) is 0 Å². The molecular weight excluding hydrogens is 230 g/mol. The highest BCUT2D eigenvalue weighted by Gasteiger charge is 2.24. The molecule has 18 heavy (non-hydrogen) atoms. The van der Waals surface area contributed by atoms with E-state index < -0.39 is 0 Å². The standard InChI is InChI=1S/C13H23N3O2/c1-16(9-12(17)15-11-4-5-11)13(18)7-6-10-3-2-8-14-10/h10-11,14H,2-9H2,1H3,(H,15,17). The van der Waals surface area contributed by atoms with Crippen molar-refractivity contribution >= 4 is 11.8 Å². The first kappa shape index (κ1) is 13.3. The highest BCUT2D eigenvalue weighted by Crippen LogP contribution is 2.18. The SMILES string of the molecule is CN(CC(=O)NC1CC1)C(=O)CCC1CCCN1. The van der Waals surface area contributed by atoms with Crippen molar-refractivity contribution in [2.45, 2.75) is 50.6 Å². The summed E-state index contributed by atoms with van der Waals surface area (Å²) in [4.78, 5) is 24.9. The van der Waals surface area contributed by atoms with Crippen molar-refractivity contribution in [3.8, 4) is 0 Å². The summed E-state index contributed by atoms with van der Waals surface area (Å²) in [5.41, 5.74) is 0. The third-order valence-corrected chi connectivity index (χ3v) is 3.62. The van der Waals surface area contributed by atoms with E-state index in [0.717, 1.165) is 25.8 Å². The number of hydrogen-bond acceptors (Lipinski definition) is 3. The van der Waals surface area contributed by atoms with Gasteiger partial charge in [-0.1, -0.05) is 0 Å². The van der Waals surface area contributed by atoms with Crippen LogP contribution in [0, 0.1) is 0 Å². The molecule has 5 heteroatoms. The molecule has 0 radical (unpaired) electrons. The van der Waals surface area contributed by atoms with E-state index in [9.17, 15) is 9.59 Å². The van der Waals surface area contributed by atoms with Gasteiger partial charge in [0.2, 0.25) is 11.8 Å². The molecule has 1 heterocycles. The van der Waals surface area contributed by atoms with E-state index in [2.05, 4.69) is 10.6 Å². The van der Waals surface area contributed by atoms with Crippen molar-refractivity contribution in [2.75, 3.05) is 20.1 Å². The molecule has 2 N–H and O–H groups in total. The van der Waals surface area contributed by atoms with Crippen LogP contribution in [0.5, 0.6) is 0 Å². The van der Waals surface area contributed by atoms with Gasteiger partial charge in [0, 0.05) is 25.6 Å². The van der Waals surface area contributed by atoms with Crippen LogP contribution in [0.2, 0.25) is 0 Å². The minimum atomic E-state index is -0.0349. The van der Waals surface area contributed by atoms with Crippen molar-refractivity contribution in [1.82, 2.24) is 15.5 Å². The summed E-state index contributed by atoms with van der Waals surface area (Å²) in [7, 11) is 1.71. The fourth-order valence-electron chi connectivity index (χ4n) is 2.30.